The summed E-state index contributed by atoms with van der Waals surface area (Å²) in [6, 6.07) is 5.97. The molecule has 2 rings (SSSR count). The molecular weight excluding hydrogens is 248 g/mol. The highest BCUT2D eigenvalue weighted by Gasteiger charge is 2.21. The Labute approximate surface area is 113 Å². The molecule has 0 amide bonds. The van der Waals surface area contributed by atoms with Crippen LogP contribution in [0.15, 0.2) is 30.5 Å². The number of hydrazine groups is 1. The highest BCUT2D eigenvalue weighted by Crippen LogP contribution is 2.27. The first-order chi connectivity index (χ1) is 8.63. The van der Waals surface area contributed by atoms with Gasteiger partial charge in [0.25, 0.3) is 0 Å². The summed E-state index contributed by atoms with van der Waals surface area (Å²) in [5.74, 6) is 0. The van der Waals surface area contributed by atoms with E-state index in [0.717, 1.165) is 18.8 Å². The lowest BCUT2D eigenvalue weighted by Gasteiger charge is -2.29. The molecule has 1 heterocycles. The van der Waals surface area contributed by atoms with Crippen LogP contribution >= 0.6 is 11.6 Å². The molecule has 1 unspecified atom stereocenters. The van der Waals surface area contributed by atoms with Crippen molar-refractivity contribution in [2.24, 2.45) is 0 Å². The second kappa shape index (κ2) is 5.50. The number of rotatable bonds is 4. The number of halogens is 1. The number of hydrogen-bond acceptors (Lipinski definition) is 4. The Bertz CT molecular complexity index is 447. The van der Waals surface area contributed by atoms with Crippen molar-refractivity contribution in [3.05, 3.63) is 35.5 Å². The number of nitrogens with two attached hydrogens (primary N) is 1. The van der Waals surface area contributed by atoms with Crippen molar-refractivity contribution in [3.8, 4) is 0 Å². The first-order valence-electron chi connectivity index (χ1n) is 6.09. The van der Waals surface area contributed by atoms with E-state index in [0.29, 0.717) is 16.8 Å². The molecule has 0 saturated heterocycles. The zero-order valence-electron chi connectivity index (χ0n) is 10.7. The van der Waals surface area contributed by atoms with E-state index >= 15 is 0 Å². The molecule has 4 nitrogen and oxygen atoms in total. The van der Waals surface area contributed by atoms with Gasteiger partial charge in [-0.05, 0) is 25.1 Å². The van der Waals surface area contributed by atoms with Crippen LogP contribution in [0.2, 0.25) is 5.02 Å². The SMILES string of the molecule is CCN1C=CC(CNc2cccc(Cl)c2N)N1C. The van der Waals surface area contributed by atoms with E-state index in [4.69, 9.17) is 17.3 Å². The molecule has 0 fully saturated rings. The summed E-state index contributed by atoms with van der Waals surface area (Å²) in [6.07, 6.45) is 4.28. The summed E-state index contributed by atoms with van der Waals surface area (Å²) in [4.78, 5) is 0. The van der Waals surface area contributed by atoms with Crippen molar-refractivity contribution in [1.29, 1.82) is 0 Å². The Morgan fingerprint density at radius 3 is 2.89 bits per heavy atom. The van der Waals surface area contributed by atoms with Gasteiger partial charge < -0.3 is 16.1 Å². The van der Waals surface area contributed by atoms with E-state index in [-0.39, 0.29) is 0 Å². The highest BCUT2D eigenvalue weighted by atomic mass is 35.5. The predicted molar refractivity (Wildman–Crippen MR) is 77.4 cm³/mol. The first kappa shape index (κ1) is 13.1. The Balaban J connectivity index is 1.97. The summed E-state index contributed by atoms with van der Waals surface area (Å²) in [6.45, 7) is 3.91. The molecule has 1 aromatic carbocycles. The number of hydrogen-bond donors (Lipinski definition) is 2. The van der Waals surface area contributed by atoms with Crippen LogP contribution in [0.4, 0.5) is 11.4 Å². The molecule has 0 spiro atoms. The molecular formula is C13H19ClN4. The second-order valence-corrected chi connectivity index (χ2v) is 4.73. The topological polar surface area (TPSA) is 44.5 Å². The molecule has 18 heavy (non-hydrogen) atoms. The van der Waals surface area contributed by atoms with Gasteiger partial charge in [-0.15, -0.1) is 0 Å². The standard InChI is InChI=1S/C13H19ClN4/c1-3-18-8-7-10(17(18)2)9-16-12-6-4-5-11(14)13(12)15/h4-8,10,16H,3,9,15H2,1-2H3. The Morgan fingerprint density at radius 1 is 1.44 bits per heavy atom. The third-order valence-electron chi connectivity index (χ3n) is 3.24. The minimum Gasteiger partial charge on any atom is -0.396 e. The maximum Gasteiger partial charge on any atom is 0.0739 e. The Kier molecular flexibility index (Phi) is 3.99. The molecule has 5 heteroatoms. The quantitative estimate of drug-likeness (QED) is 0.822. The minimum absolute atomic E-state index is 0.336. The van der Waals surface area contributed by atoms with Crippen LogP contribution in [-0.4, -0.2) is 36.2 Å². The van der Waals surface area contributed by atoms with Gasteiger partial charge in [0.2, 0.25) is 0 Å². The molecule has 0 aliphatic carbocycles. The minimum atomic E-state index is 0.336. The largest absolute Gasteiger partial charge is 0.396 e. The number of para-hydroxylation sites is 1. The van der Waals surface area contributed by atoms with Crippen LogP contribution in [0.5, 0.6) is 0 Å². The number of benzene rings is 1. The molecule has 1 aliphatic rings. The van der Waals surface area contributed by atoms with E-state index in [1.165, 1.54) is 0 Å². The molecule has 0 saturated carbocycles. The van der Waals surface area contributed by atoms with Crippen molar-refractivity contribution in [2.75, 3.05) is 31.2 Å². The monoisotopic (exact) mass is 266 g/mol. The zero-order chi connectivity index (χ0) is 13.1. The first-order valence-corrected chi connectivity index (χ1v) is 6.47. The molecule has 1 aliphatic heterocycles. The number of nitrogens with one attached hydrogen (secondary N) is 1. The van der Waals surface area contributed by atoms with E-state index in [1.54, 1.807) is 6.07 Å². The van der Waals surface area contributed by atoms with E-state index in [1.807, 2.05) is 12.1 Å². The van der Waals surface area contributed by atoms with Gasteiger partial charge in [0.05, 0.1) is 22.4 Å². The lowest BCUT2D eigenvalue weighted by Crippen LogP contribution is -2.40. The average Bonchev–Trinajstić information content (AvgIpc) is 2.72. The Hall–Kier alpha value is -1.39. The summed E-state index contributed by atoms with van der Waals surface area (Å²) in [7, 11) is 2.08. The van der Waals surface area contributed by atoms with Crippen LogP contribution < -0.4 is 11.1 Å². The van der Waals surface area contributed by atoms with Gasteiger partial charge in [-0.2, -0.15) is 0 Å². The van der Waals surface area contributed by atoms with Gasteiger partial charge in [0, 0.05) is 26.3 Å². The van der Waals surface area contributed by atoms with Crippen molar-refractivity contribution in [3.63, 3.8) is 0 Å². The number of nitrogens with zero attached hydrogens (tertiary/aromatic N) is 2. The van der Waals surface area contributed by atoms with Crippen molar-refractivity contribution in [1.82, 2.24) is 10.0 Å². The van der Waals surface area contributed by atoms with Crippen molar-refractivity contribution < 1.29 is 0 Å². The average molecular weight is 267 g/mol. The number of anilines is 2. The number of nitrogen functional groups attached to an aromatic ring is 1. The van der Waals surface area contributed by atoms with Gasteiger partial charge >= 0.3 is 0 Å². The third kappa shape index (κ3) is 2.54. The van der Waals surface area contributed by atoms with Gasteiger partial charge in [-0.1, -0.05) is 17.7 Å². The third-order valence-corrected chi connectivity index (χ3v) is 3.57. The molecule has 3 N–H and O–H groups in total. The lowest BCUT2D eigenvalue weighted by atomic mass is 10.2. The molecule has 0 radical (unpaired) electrons. The maximum atomic E-state index is 5.99. The van der Waals surface area contributed by atoms with Crippen LogP contribution in [0.1, 0.15) is 6.92 Å². The van der Waals surface area contributed by atoms with Crippen LogP contribution in [-0.2, 0) is 0 Å². The predicted octanol–water partition coefficient (Wildman–Crippen LogP) is 2.40. The van der Waals surface area contributed by atoms with E-state index in [9.17, 15) is 0 Å². The van der Waals surface area contributed by atoms with Crippen LogP contribution in [0.25, 0.3) is 0 Å². The second-order valence-electron chi connectivity index (χ2n) is 4.32. The summed E-state index contributed by atoms with van der Waals surface area (Å²) < 4.78 is 0. The summed E-state index contributed by atoms with van der Waals surface area (Å²) >= 11 is 5.99. The zero-order valence-corrected chi connectivity index (χ0v) is 11.5. The molecule has 1 atom stereocenters. The van der Waals surface area contributed by atoms with Crippen molar-refractivity contribution in [2.45, 2.75) is 13.0 Å². The normalized spacial score (nSPS) is 19.5. The lowest BCUT2D eigenvalue weighted by molar-refractivity contribution is 0.0562. The number of likely N-dealkylation sites (N-methyl/N-ethyl adjacent to an activating group) is 1. The molecule has 98 valence electrons. The molecule has 0 aromatic heterocycles. The van der Waals surface area contributed by atoms with Gasteiger partial charge in [0.1, 0.15) is 0 Å². The fraction of sp³-hybridized carbons (Fsp3) is 0.385. The summed E-state index contributed by atoms with van der Waals surface area (Å²) in [5.41, 5.74) is 7.41. The fourth-order valence-corrected chi connectivity index (χ4v) is 2.23. The van der Waals surface area contributed by atoms with Gasteiger partial charge in [0.15, 0.2) is 0 Å². The maximum absolute atomic E-state index is 5.99. The van der Waals surface area contributed by atoms with Crippen LogP contribution in [0, 0.1) is 0 Å². The molecule has 1 aromatic rings. The fourth-order valence-electron chi connectivity index (χ4n) is 2.05. The van der Waals surface area contributed by atoms with Crippen molar-refractivity contribution >= 4 is 23.0 Å². The summed E-state index contributed by atoms with van der Waals surface area (Å²) in [5, 5.41) is 8.31. The molecule has 0 bridgehead atoms. The highest BCUT2D eigenvalue weighted by molar-refractivity contribution is 6.33. The van der Waals surface area contributed by atoms with E-state index in [2.05, 4.69) is 41.6 Å². The van der Waals surface area contributed by atoms with E-state index < -0.39 is 0 Å². The van der Waals surface area contributed by atoms with Gasteiger partial charge in [-0.25, -0.2) is 5.01 Å². The smallest absolute Gasteiger partial charge is 0.0739 e. The van der Waals surface area contributed by atoms with Crippen LogP contribution in [0.3, 0.4) is 0 Å². The Morgan fingerprint density at radius 2 is 2.22 bits per heavy atom. The van der Waals surface area contributed by atoms with Gasteiger partial charge in [-0.3, -0.25) is 0 Å².